The summed E-state index contributed by atoms with van der Waals surface area (Å²) in [5, 5.41) is 11.2. The summed E-state index contributed by atoms with van der Waals surface area (Å²) in [5.74, 6) is 1.51. The van der Waals surface area contributed by atoms with Crippen molar-refractivity contribution < 1.29 is 18.3 Å². The highest BCUT2D eigenvalue weighted by atomic mass is 19.1. The van der Waals surface area contributed by atoms with E-state index in [1.54, 1.807) is 13.2 Å². The molecule has 0 aliphatic heterocycles. The number of methoxy groups -OCH3 is 1. The van der Waals surface area contributed by atoms with E-state index in [0.717, 1.165) is 5.56 Å². The lowest BCUT2D eigenvalue weighted by molar-refractivity contribution is 0.339. The van der Waals surface area contributed by atoms with Gasteiger partial charge >= 0.3 is 0 Å². The first-order chi connectivity index (χ1) is 12.2. The molecule has 1 heterocycles. The van der Waals surface area contributed by atoms with Gasteiger partial charge in [0.2, 0.25) is 5.89 Å². The number of nitrogens with zero attached hydrogens (tertiary/aromatic N) is 2. The second-order valence-electron chi connectivity index (χ2n) is 5.13. The molecule has 0 saturated heterocycles. The van der Waals surface area contributed by atoms with Crippen molar-refractivity contribution in [3.63, 3.8) is 0 Å². The maximum atomic E-state index is 13.3. The van der Waals surface area contributed by atoms with E-state index in [9.17, 15) is 4.39 Å². The van der Waals surface area contributed by atoms with E-state index in [0.29, 0.717) is 35.6 Å². The molecular formula is C18H18FN3O3. The Hall–Kier alpha value is -3.09. The summed E-state index contributed by atoms with van der Waals surface area (Å²) in [6, 6.07) is 11.7. The van der Waals surface area contributed by atoms with Crippen LogP contribution >= 0.6 is 0 Å². The Morgan fingerprint density at radius 1 is 1.12 bits per heavy atom. The van der Waals surface area contributed by atoms with Gasteiger partial charge in [-0.25, -0.2) is 4.39 Å². The molecular weight excluding hydrogens is 325 g/mol. The van der Waals surface area contributed by atoms with Crippen LogP contribution in [0.4, 0.5) is 10.1 Å². The number of ether oxygens (including phenoxy) is 2. The first-order valence-corrected chi connectivity index (χ1v) is 7.83. The Kier molecular flexibility index (Phi) is 5.13. The summed E-state index contributed by atoms with van der Waals surface area (Å²) in [6.45, 7) is 2.57. The van der Waals surface area contributed by atoms with Crippen LogP contribution in [0.3, 0.4) is 0 Å². The van der Waals surface area contributed by atoms with Gasteiger partial charge in [0.05, 0.1) is 31.5 Å². The second kappa shape index (κ2) is 7.65. The molecule has 0 aliphatic rings. The smallest absolute Gasteiger partial charge is 0.251 e. The second-order valence-corrected chi connectivity index (χ2v) is 5.13. The fourth-order valence-electron chi connectivity index (χ4n) is 2.34. The van der Waals surface area contributed by atoms with Gasteiger partial charge in [-0.3, -0.25) is 0 Å². The van der Waals surface area contributed by atoms with Crippen LogP contribution in [0.25, 0.3) is 11.5 Å². The molecule has 0 amide bonds. The SMILES string of the molecule is CCOc1cc(F)ccc1NCc1nnc(-c2ccccc2OC)o1. The number of nitrogens with one attached hydrogen (secondary N) is 1. The van der Waals surface area contributed by atoms with Crippen LogP contribution in [0, 0.1) is 5.82 Å². The van der Waals surface area contributed by atoms with Crippen LogP contribution in [0.1, 0.15) is 12.8 Å². The molecule has 1 aromatic heterocycles. The highest BCUT2D eigenvalue weighted by Crippen LogP contribution is 2.29. The molecule has 2 aromatic carbocycles. The Morgan fingerprint density at radius 2 is 1.96 bits per heavy atom. The number of anilines is 1. The van der Waals surface area contributed by atoms with Crippen molar-refractivity contribution in [2.75, 3.05) is 19.0 Å². The zero-order valence-corrected chi connectivity index (χ0v) is 14.0. The van der Waals surface area contributed by atoms with Gasteiger partial charge < -0.3 is 19.2 Å². The predicted octanol–water partition coefficient (Wildman–Crippen LogP) is 3.90. The highest BCUT2D eigenvalue weighted by Gasteiger charge is 2.13. The molecule has 1 N–H and O–H groups in total. The lowest BCUT2D eigenvalue weighted by Gasteiger charge is -2.11. The van der Waals surface area contributed by atoms with Crippen LogP contribution in [0.5, 0.6) is 11.5 Å². The molecule has 0 aliphatic carbocycles. The van der Waals surface area contributed by atoms with Gasteiger partial charge in [0.1, 0.15) is 17.3 Å². The topological polar surface area (TPSA) is 69.4 Å². The molecule has 0 radical (unpaired) electrons. The average Bonchev–Trinajstić information content (AvgIpc) is 3.10. The Balaban J connectivity index is 1.74. The van der Waals surface area contributed by atoms with Crippen molar-refractivity contribution in [2.24, 2.45) is 0 Å². The standard InChI is InChI=1S/C18H18FN3O3/c1-3-24-16-10-12(19)8-9-14(16)20-11-17-21-22-18(25-17)13-6-4-5-7-15(13)23-2/h4-10,20H,3,11H2,1-2H3. The normalized spacial score (nSPS) is 10.5. The number of benzene rings is 2. The van der Waals surface area contributed by atoms with E-state index in [1.807, 2.05) is 31.2 Å². The molecule has 0 spiro atoms. The van der Waals surface area contributed by atoms with Crippen molar-refractivity contribution in [2.45, 2.75) is 13.5 Å². The third kappa shape index (κ3) is 3.88. The van der Waals surface area contributed by atoms with Crippen molar-refractivity contribution >= 4 is 5.69 Å². The fourth-order valence-corrected chi connectivity index (χ4v) is 2.34. The van der Waals surface area contributed by atoms with Crippen molar-refractivity contribution in [1.29, 1.82) is 0 Å². The zero-order valence-electron chi connectivity index (χ0n) is 14.0. The summed E-state index contributed by atoms with van der Waals surface area (Å²) < 4.78 is 29.7. The maximum Gasteiger partial charge on any atom is 0.251 e. The number of halogens is 1. The van der Waals surface area contributed by atoms with Crippen LogP contribution in [0.15, 0.2) is 46.9 Å². The van der Waals surface area contributed by atoms with Crippen LogP contribution in [-0.2, 0) is 6.54 Å². The third-order valence-electron chi connectivity index (χ3n) is 3.48. The number of para-hydroxylation sites is 1. The largest absolute Gasteiger partial charge is 0.496 e. The van der Waals surface area contributed by atoms with Gasteiger partial charge in [-0.1, -0.05) is 12.1 Å². The number of aromatic nitrogens is 2. The summed E-state index contributed by atoms with van der Waals surface area (Å²) in [4.78, 5) is 0. The zero-order chi connectivity index (χ0) is 17.6. The number of hydrogen-bond donors (Lipinski definition) is 1. The van der Waals surface area contributed by atoms with E-state index >= 15 is 0 Å². The minimum atomic E-state index is -0.356. The molecule has 7 heteroatoms. The van der Waals surface area contributed by atoms with E-state index in [2.05, 4.69) is 15.5 Å². The van der Waals surface area contributed by atoms with Gasteiger partial charge in [0.25, 0.3) is 5.89 Å². The van der Waals surface area contributed by atoms with E-state index in [-0.39, 0.29) is 12.4 Å². The number of rotatable bonds is 7. The molecule has 0 bridgehead atoms. The molecule has 0 atom stereocenters. The minimum absolute atomic E-state index is 0.286. The average molecular weight is 343 g/mol. The molecule has 0 saturated carbocycles. The van der Waals surface area contributed by atoms with Gasteiger partial charge in [-0.05, 0) is 31.2 Å². The molecule has 6 nitrogen and oxygen atoms in total. The quantitative estimate of drug-likeness (QED) is 0.702. The fraction of sp³-hybridized carbons (Fsp3) is 0.222. The predicted molar refractivity (Wildman–Crippen MR) is 91.2 cm³/mol. The van der Waals surface area contributed by atoms with Gasteiger partial charge in [-0.15, -0.1) is 10.2 Å². The molecule has 0 fully saturated rings. The van der Waals surface area contributed by atoms with Gasteiger partial charge in [0.15, 0.2) is 0 Å². The molecule has 130 valence electrons. The number of hydrogen-bond acceptors (Lipinski definition) is 6. The minimum Gasteiger partial charge on any atom is -0.496 e. The Morgan fingerprint density at radius 3 is 2.76 bits per heavy atom. The van der Waals surface area contributed by atoms with E-state index < -0.39 is 0 Å². The maximum absolute atomic E-state index is 13.3. The lowest BCUT2D eigenvalue weighted by Crippen LogP contribution is -2.03. The van der Waals surface area contributed by atoms with Crippen molar-refractivity contribution in [3.8, 4) is 23.0 Å². The van der Waals surface area contributed by atoms with Crippen LogP contribution < -0.4 is 14.8 Å². The Labute approximate surface area is 144 Å². The lowest BCUT2D eigenvalue weighted by atomic mass is 10.2. The van der Waals surface area contributed by atoms with E-state index in [4.69, 9.17) is 13.9 Å². The first kappa shape index (κ1) is 16.8. The highest BCUT2D eigenvalue weighted by molar-refractivity contribution is 5.62. The monoisotopic (exact) mass is 343 g/mol. The van der Waals surface area contributed by atoms with Gasteiger partial charge in [-0.2, -0.15) is 0 Å². The van der Waals surface area contributed by atoms with E-state index in [1.165, 1.54) is 12.1 Å². The molecule has 0 unspecified atom stereocenters. The van der Waals surface area contributed by atoms with Crippen LogP contribution in [-0.4, -0.2) is 23.9 Å². The third-order valence-corrected chi connectivity index (χ3v) is 3.48. The summed E-state index contributed by atoms with van der Waals surface area (Å²) in [7, 11) is 1.58. The molecule has 3 rings (SSSR count). The van der Waals surface area contributed by atoms with Crippen molar-refractivity contribution in [3.05, 3.63) is 54.2 Å². The summed E-state index contributed by atoms with van der Waals surface area (Å²) in [6.07, 6.45) is 0. The molecule has 3 aromatic rings. The Bertz CT molecular complexity index is 851. The van der Waals surface area contributed by atoms with Crippen LogP contribution in [0.2, 0.25) is 0 Å². The summed E-state index contributed by atoms with van der Waals surface area (Å²) >= 11 is 0. The van der Waals surface area contributed by atoms with Crippen molar-refractivity contribution in [1.82, 2.24) is 10.2 Å². The molecule has 25 heavy (non-hydrogen) atoms. The first-order valence-electron chi connectivity index (χ1n) is 7.83. The van der Waals surface area contributed by atoms with Gasteiger partial charge in [0, 0.05) is 6.07 Å². The summed E-state index contributed by atoms with van der Waals surface area (Å²) in [5.41, 5.74) is 1.38.